The zero-order valence-corrected chi connectivity index (χ0v) is 16.6. The molecular weight excluding hydrogens is 360 g/mol. The molecule has 1 amide bonds. The zero-order chi connectivity index (χ0) is 19.8. The molecule has 3 rings (SSSR count). The quantitative estimate of drug-likeness (QED) is 0.615. The van der Waals surface area contributed by atoms with E-state index >= 15 is 0 Å². The molecule has 0 aliphatic carbocycles. The van der Waals surface area contributed by atoms with Gasteiger partial charge in [-0.1, -0.05) is 12.1 Å². The van der Waals surface area contributed by atoms with Crippen molar-refractivity contribution in [3.8, 4) is 5.75 Å². The van der Waals surface area contributed by atoms with Crippen molar-refractivity contribution < 1.29 is 23.4 Å². The van der Waals surface area contributed by atoms with Crippen molar-refractivity contribution >= 4 is 5.91 Å². The molecule has 152 valence electrons. The Balaban J connectivity index is 1.54. The van der Waals surface area contributed by atoms with E-state index in [0.717, 1.165) is 36.5 Å². The number of hydrogen-bond acceptors (Lipinski definition) is 6. The van der Waals surface area contributed by atoms with E-state index in [9.17, 15) is 4.79 Å². The van der Waals surface area contributed by atoms with Crippen LogP contribution < -0.4 is 4.74 Å². The lowest BCUT2D eigenvalue weighted by molar-refractivity contribution is -0.137. The van der Waals surface area contributed by atoms with E-state index in [1.165, 1.54) is 0 Å². The molecule has 7 heteroatoms. The summed E-state index contributed by atoms with van der Waals surface area (Å²) in [4.78, 5) is 18.7. The molecule has 7 nitrogen and oxygen atoms in total. The van der Waals surface area contributed by atoms with E-state index in [2.05, 4.69) is 4.98 Å². The Hall–Kier alpha value is -2.38. The Labute approximate surface area is 165 Å². The zero-order valence-electron chi connectivity index (χ0n) is 16.6. The molecular formula is C21H28N2O5. The highest BCUT2D eigenvalue weighted by atomic mass is 16.5. The molecule has 1 aliphatic heterocycles. The number of ether oxygens (including phenoxy) is 3. The first kappa shape index (κ1) is 20.4. The predicted octanol–water partition coefficient (Wildman–Crippen LogP) is 2.64. The molecule has 28 heavy (non-hydrogen) atoms. The van der Waals surface area contributed by atoms with E-state index in [0.29, 0.717) is 32.1 Å². The van der Waals surface area contributed by atoms with Gasteiger partial charge in [0, 0.05) is 26.6 Å². The second kappa shape index (κ2) is 10.2. The summed E-state index contributed by atoms with van der Waals surface area (Å²) < 4.78 is 21.5. The Morgan fingerprint density at radius 1 is 1.25 bits per heavy atom. The summed E-state index contributed by atoms with van der Waals surface area (Å²) in [6.07, 6.45) is 4.37. The molecule has 1 fully saturated rings. The second-order valence-corrected chi connectivity index (χ2v) is 6.91. The fraction of sp³-hybridized carbons (Fsp3) is 0.524. The number of rotatable bonds is 9. The standard InChI is InChI=1S/C21H28N2O5/c1-25-10-11-27-15-20(24)23-9-3-4-17(14-23)21-22-13-19(28-21)12-16-5-7-18(26-2)8-6-16/h5-8,13,17H,3-4,9-12,14-15H2,1-2H3/t17-/m1/s1. The van der Waals surface area contributed by atoms with Gasteiger partial charge < -0.3 is 23.5 Å². The molecule has 1 saturated heterocycles. The Bertz CT molecular complexity index is 744. The van der Waals surface area contributed by atoms with Gasteiger partial charge in [-0.25, -0.2) is 4.98 Å². The van der Waals surface area contributed by atoms with Crippen LogP contribution in [0, 0.1) is 0 Å². The van der Waals surface area contributed by atoms with E-state index in [-0.39, 0.29) is 18.4 Å². The summed E-state index contributed by atoms with van der Waals surface area (Å²) in [6, 6.07) is 7.91. The van der Waals surface area contributed by atoms with Crippen molar-refractivity contribution in [3.63, 3.8) is 0 Å². The maximum Gasteiger partial charge on any atom is 0.248 e. The first-order valence-electron chi connectivity index (χ1n) is 9.61. The maximum absolute atomic E-state index is 12.3. The third-order valence-corrected chi connectivity index (χ3v) is 4.89. The molecule has 1 aromatic heterocycles. The van der Waals surface area contributed by atoms with Crippen LogP contribution in [0.5, 0.6) is 5.75 Å². The number of likely N-dealkylation sites (tertiary alicyclic amines) is 1. The lowest BCUT2D eigenvalue weighted by atomic mass is 9.98. The number of piperidine rings is 1. The topological polar surface area (TPSA) is 74.0 Å². The molecule has 1 atom stereocenters. The van der Waals surface area contributed by atoms with E-state index in [1.54, 1.807) is 20.4 Å². The highest BCUT2D eigenvalue weighted by Gasteiger charge is 2.27. The van der Waals surface area contributed by atoms with Gasteiger partial charge >= 0.3 is 0 Å². The van der Waals surface area contributed by atoms with Gasteiger partial charge in [0.2, 0.25) is 5.91 Å². The molecule has 0 unspecified atom stereocenters. The monoisotopic (exact) mass is 388 g/mol. The summed E-state index contributed by atoms with van der Waals surface area (Å²) >= 11 is 0. The number of oxazole rings is 1. The molecule has 1 aromatic carbocycles. The number of benzene rings is 1. The summed E-state index contributed by atoms with van der Waals surface area (Å²) in [7, 11) is 3.27. The average Bonchev–Trinajstić information content (AvgIpc) is 3.20. The van der Waals surface area contributed by atoms with Gasteiger partial charge in [0.1, 0.15) is 18.1 Å². The molecule has 2 aromatic rings. The van der Waals surface area contributed by atoms with Gasteiger partial charge in [0.15, 0.2) is 5.89 Å². The SMILES string of the molecule is COCCOCC(=O)N1CCC[C@@H](c2ncc(Cc3ccc(OC)cc3)o2)C1. The van der Waals surface area contributed by atoms with Crippen molar-refractivity contribution in [2.24, 2.45) is 0 Å². The number of aromatic nitrogens is 1. The smallest absolute Gasteiger partial charge is 0.248 e. The van der Waals surface area contributed by atoms with Crippen LogP contribution in [0.2, 0.25) is 0 Å². The normalized spacial score (nSPS) is 16.9. The Morgan fingerprint density at radius 2 is 2.07 bits per heavy atom. The van der Waals surface area contributed by atoms with Gasteiger partial charge in [0.05, 0.1) is 32.4 Å². The van der Waals surface area contributed by atoms with Crippen LogP contribution in [0.1, 0.15) is 36.0 Å². The molecule has 0 spiro atoms. The van der Waals surface area contributed by atoms with E-state index in [4.69, 9.17) is 18.6 Å². The van der Waals surface area contributed by atoms with Crippen molar-refractivity contribution in [1.29, 1.82) is 0 Å². The third kappa shape index (κ3) is 5.56. The summed E-state index contributed by atoms with van der Waals surface area (Å²) in [5, 5.41) is 0. The van der Waals surface area contributed by atoms with Crippen LogP contribution in [-0.2, 0) is 20.7 Å². The number of nitrogens with zero attached hydrogens (tertiary/aromatic N) is 2. The number of methoxy groups -OCH3 is 2. The van der Waals surface area contributed by atoms with E-state index in [1.807, 2.05) is 29.2 Å². The van der Waals surface area contributed by atoms with Crippen LogP contribution in [0.4, 0.5) is 0 Å². The highest BCUT2D eigenvalue weighted by Crippen LogP contribution is 2.27. The number of hydrogen-bond donors (Lipinski definition) is 0. The van der Waals surface area contributed by atoms with Crippen molar-refractivity contribution in [2.45, 2.75) is 25.2 Å². The van der Waals surface area contributed by atoms with Crippen LogP contribution in [0.3, 0.4) is 0 Å². The average molecular weight is 388 g/mol. The van der Waals surface area contributed by atoms with E-state index < -0.39 is 0 Å². The van der Waals surface area contributed by atoms with Crippen molar-refractivity contribution in [3.05, 3.63) is 47.7 Å². The van der Waals surface area contributed by atoms with Gasteiger partial charge in [-0.2, -0.15) is 0 Å². The van der Waals surface area contributed by atoms with Crippen molar-refractivity contribution in [1.82, 2.24) is 9.88 Å². The lowest BCUT2D eigenvalue weighted by Gasteiger charge is -2.31. The summed E-state index contributed by atoms with van der Waals surface area (Å²) in [5.41, 5.74) is 1.14. The molecule has 0 saturated carbocycles. The molecule has 0 radical (unpaired) electrons. The van der Waals surface area contributed by atoms with Gasteiger partial charge in [-0.05, 0) is 30.5 Å². The summed E-state index contributed by atoms with van der Waals surface area (Å²) in [6.45, 7) is 2.37. The fourth-order valence-electron chi connectivity index (χ4n) is 3.34. The van der Waals surface area contributed by atoms with Crippen molar-refractivity contribution in [2.75, 3.05) is 47.1 Å². The summed E-state index contributed by atoms with van der Waals surface area (Å²) in [5.74, 6) is 2.50. The number of carbonyl (C=O) groups excluding carboxylic acids is 1. The van der Waals surface area contributed by atoms with Gasteiger partial charge in [0.25, 0.3) is 0 Å². The van der Waals surface area contributed by atoms with Gasteiger partial charge in [-0.3, -0.25) is 4.79 Å². The van der Waals surface area contributed by atoms with Crippen LogP contribution in [-0.4, -0.2) is 62.9 Å². The lowest BCUT2D eigenvalue weighted by Crippen LogP contribution is -2.41. The molecule has 0 bridgehead atoms. The molecule has 1 aliphatic rings. The minimum absolute atomic E-state index is 0.00538. The van der Waals surface area contributed by atoms with Crippen LogP contribution >= 0.6 is 0 Å². The molecule has 0 N–H and O–H groups in total. The predicted molar refractivity (Wildman–Crippen MR) is 104 cm³/mol. The second-order valence-electron chi connectivity index (χ2n) is 6.91. The fourth-order valence-corrected chi connectivity index (χ4v) is 3.34. The van der Waals surface area contributed by atoms with Gasteiger partial charge in [-0.15, -0.1) is 0 Å². The third-order valence-electron chi connectivity index (χ3n) is 4.89. The Kier molecular flexibility index (Phi) is 7.45. The maximum atomic E-state index is 12.3. The van der Waals surface area contributed by atoms with Crippen LogP contribution in [0.15, 0.2) is 34.9 Å². The molecule has 2 heterocycles. The Morgan fingerprint density at radius 3 is 2.82 bits per heavy atom. The largest absolute Gasteiger partial charge is 0.497 e. The first-order valence-corrected chi connectivity index (χ1v) is 9.61. The highest BCUT2D eigenvalue weighted by molar-refractivity contribution is 5.77. The minimum atomic E-state index is 0.00538. The number of amides is 1. The number of carbonyl (C=O) groups is 1. The first-order chi connectivity index (χ1) is 13.7. The minimum Gasteiger partial charge on any atom is -0.497 e. The van der Waals surface area contributed by atoms with Crippen LogP contribution in [0.25, 0.3) is 0 Å².